The fourth-order valence-electron chi connectivity index (χ4n) is 1.99. The highest BCUT2D eigenvalue weighted by atomic mass is 35.5. The van der Waals surface area contributed by atoms with Crippen molar-refractivity contribution in [1.29, 1.82) is 0 Å². The van der Waals surface area contributed by atoms with E-state index in [9.17, 15) is 9.90 Å². The Morgan fingerprint density at radius 3 is 2.54 bits per heavy atom. The second kappa shape index (κ2) is 7.84. The summed E-state index contributed by atoms with van der Waals surface area (Å²) in [6.07, 6.45) is -0.707. The van der Waals surface area contributed by atoms with E-state index in [1.807, 2.05) is 6.92 Å². The van der Waals surface area contributed by atoms with E-state index in [0.29, 0.717) is 16.5 Å². The van der Waals surface area contributed by atoms with Crippen LogP contribution >= 0.6 is 11.6 Å². The summed E-state index contributed by atoms with van der Waals surface area (Å²) >= 11 is 5.90. The number of halogens is 1. The van der Waals surface area contributed by atoms with Crippen molar-refractivity contribution in [2.24, 2.45) is 5.10 Å². The maximum Gasteiger partial charge on any atom is 0.280 e. The number of aromatic hydroxyl groups is 1. The second-order valence-corrected chi connectivity index (χ2v) is 5.83. The molecule has 0 saturated heterocycles. The molecule has 1 atom stereocenters. The van der Waals surface area contributed by atoms with Gasteiger partial charge in [-0.1, -0.05) is 11.6 Å². The summed E-state index contributed by atoms with van der Waals surface area (Å²) in [5.41, 5.74) is 4.76. The first kappa shape index (κ1) is 17.8. The van der Waals surface area contributed by atoms with Crippen LogP contribution in [0, 0.1) is 6.92 Å². The number of amides is 1. The van der Waals surface area contributed by atoms with Crippen LogP contribution in [0.25, 0.3) is 0 Å². The number of hydrazone groups is 1. The molecule has 0 bridgehead atoms. The molecule has 0 aliphatic carbocycles. The maximum absolute atomic E-state index is 12.1. The molecule has 2 aromatic rings. The van der Waals surface area contributed by atoms with Gasteiger partial charge in [0, 0.05) is 5.02 Å². The summed E-state index contributed by atoms with van der Waals surface area (Å²) < 4.78 is 5.64. The number of ether oxygens (including phenoxy) is 1. The summed E-state index contributed by atoms with van der Waals surface area (Å²) in [6, 6.07) is 11.8. The minimum absolute atomic E-state index is 0.177. The Labute approximate surface area is 145 Å². The molecular formula is C18H19ClN2O3. The molecule has 0 aromatic heterocycles. The van der Waals surface area contributed by atoms with Gasteiger partial charge < -0.3 is 9.84 Å². The van der Waals surface area contributed by atoms with Crippen LogP contribution < -0.4 is 10.2 Å². The number of carbonyl (C=O) groups excluding carboxylic acids is 1. The van der Waals surface area contributed by atoms with E-state index in [0.717, 1.165) is 11.1 Å². The molecule has 126 valence electrons. The van der Waals surface area contributed by atoms with Crippen LogP contribution in [0.5, 0.6) is 11.5 Å². The SMILES string of the molecule is C/C(=N\NC(=O)C(C)Oc1ccc(Cl)cc1C)c1ccc(O)cc1. The van der Waals surface area contributed by atoms with Gasteiger partial charge >= 0.3 is 0 Å². The monoisotopic (exact) mass is 346 g/mol. The van der Waals surface area contributed by atoms with Crippen LogP contribution in [0.3, 0.4) is 0 Å². The lowest BCUT2D eigenvalue weighted by Crippen LogP contribution is -2.34. The van der Waals surface area contributed by atoms with E-state index in [-0.39, 0.29) is 11.7 Å². The van der Waals surface area contributed by atoms with E-state index >= 15 is 0 Å². The third kappa shape index (κ3) is 4.73. The maximum atomic E-state index is 12.1. The van der Waals surface area contributed by atoms with Crippen molar-refractivity contribution in [2.45, 2.75) is 26.9 Å². The van der Waals surface area contributed by atoms with Gasteiger partial charge in [-0.05, 0) is 74.4 Å². The van der Waals surface area contributed by atoms with Crippen LogP contribution in [0.4, 0.5) is 0 Å². The van der Waals surface area contributed by atoms with E-state index in [4.69, 9.17) is 16.3 Å². The number of hydrogen-bond acceptors (Lipinski definition) is 4. The zero-order chi connectivity index (χ0) is 17.7. The highest BCUT2D eigenvalue weighted by molar-refractivity contribution is 6.30. The van der Waals surface area contributed by atoms with E-state index < -0.39 is 6.10 Å². The number of rotatable bonds is 5. The van der Waals surface area contributed by atoms with Crippen molar-refractivity contribution in [2.75, 3.05) is 0 Å². The molecule has 0 spiro atoms. The van der Waals surface area contributed by atoms with E-state index in [2.05, 4.69) is 10.5 Å². The van der Waals surface area contributed by atoms with Crippen molar-refractivity contribution in [3.8, 4) is 11.5 Å². The first-order valence-electron chi connectivity index (χ1n) is 7.43. The van der Waals surface area contributed by atoms with Gasteiger partial charge in [-0.25, -0.2) is 5.43 Å². The van der Waals surface area contributed by atoms with Crippen LogP contribution in [0.2, 0.25) is 5.02 Å². The average Bonchev–Trinajstić information content (AvgIpc) is 2.55. The molecule has 1 amide bonds. The Morgan fingerprint density at radius 1 is 1.25 bits per heavy atom. The number of carbonyl (C=O) groups is 1. The van der Waals surface area contributed by atoms with Crippen LogP contribution in [-0.2, 0) is 4.79 Å². The Hall–Kier alpha value is -2.53. The first-order chi connectivity index (χ1) is 11.4. The predicted octanol–water partition coefficient (Wildman–Crippen LogP) is 3.66. The zero-order valence-electron chi connectivity index (χ0n) is 13.7. The number of nitrogens with zero attached hydrogens (tertiary/aromatic N) is 1. The number of hydrogen-bond donors (Lipinski definition) is 2. The number of phenols is 1. The topological polar surface area (TPSA) is 70.9 Å². The van der Waals surface area contributed by atoms with Crippen molar-refractivity contribution in [3.63, 3.8) is 0 Å². The molecule has 1 unspecified atom stereocenters. The highest BCUT2D eigenvalue weighted by Crippen LogP contribution is 2.22. The smallest absolute Gasteiger partial charge is 0.280 e. The number of phenolic OH excluding ortho intramolecular Hbond substituents is 1. The summed E-state index contributed by atoms with van der Waals surface area (Å²) in [4.78, 5) is 12.1. The summed E-state index contributed by atoms with van der Waals surface area (Å²) in [5.74, 6) is 0.416. The van der Waals surface area contributed by atoms with Crippen molar-refractivity contribution >= 4 is 23.2 Å². The molecule has 0 aliphatic heterocycles. The average molecular weight is 347 g/mol. The van der Waals surface area contributed by atoms with Gasteiger partial charge in [0.25, 0.3) is 5.91 Å². The molecule has 5 nitrogen and oxygen atoms in total. The largest absolute Gasteiger partial charge is 0.508 e. The molecule has 0 saturated carbocycles. The summed E-state index contributed by atoms with van der Waals surface area (Å²) in [7, 11) is 0. The van der Waals surface area contributed by atoms with Gasteiger partial charge in [-0.15, -0.1) is 0 Å². The number of aryl methyl sites for hydroxylation is 1. The minimum atomic E-state index is -0.707. The number of benzene rings is 2. The van der Waals surface area contributed by atoms with Gasteiger partial charge in [0.05, 0.1) is 5.71 Å². The Morgan fingerprint density at radius 2 is 1.92 bits per heavy atom. The van der Waals surface area contributed by atoms with E-state index in [1.54, 1.807) is 56.3 Å². The van der Waals surface area contributed by atoms with Gasteiger partial charge in [-0.2, -0.15) is 5.10 Å². The van der Waals surface area contributed by atoms with Crippen molar-refractivity contribution in [3.05, 3.63) is 58.6 Å². The zero-order valence-corrected chi connectivity index (χ0v) is 14.5. The quantitative estimate of drug-likeness (QED) is 0.641. The van der Waals surface area contributed by atoms with Gasteiger partial charge in [0.2, 0.25) is 0 Å². The van der Waals surface area contributed by atoms with Gasteiger partial charge in [0.1, 0.15) is 11.5 Å². The molecule has 0 fully saturated rings. The molecule has 0 heterocycles. The molecular weight excluding hydrogens is 328 g/mol. The van der Waals surface area contributed by atoms with Crippen LogP contribution in [0.1, 0.15) is 25.0 Å². The summed E-state index contributed by atoms with van der Waals surface area (Å²) in [5, 5.41) is 13.9. The second-order valence-electron chi connectivity index (χ2n) is 5.39. The fraction of sp³-hybridized carbons (Fsp3) is 0.222. The molecule has 24 heavy (non-hydrogen) atoms. The third-order valence-corrected chi connectivity index (χ3v) is 3.66. The Balaban J connectivity index is 1.98. The molecule has 2 aromatic carbocycles. The van der Waals surface area contributed by atoms with Gasteiger partial charge in [0.15, 0.2) is 6.10 Å². The third-order valence-electron chi connectivity index (χ3n) is 3.43. The lowest BCUT2D eigenvalue weighted by atomic mass is 10.1. The lowest BCUT2D eigenvalue weighted by Gasteiger charge is -2.15. The highest BCUT2D eigenvalue weighted by Gasteiger charge is 2.15. The number of nitrogens with one attached hydrogen (secondary N) is 1. The Kier molecular flexibility index (Phi) is 5.82. The summed E-state index contributed by atoms with van der Waals surface area (Å²) in [6.45, 7) is 5.27. The predicted molar refractivity (Wildman–Crippen MR) is 94.7 cm³/mol. The normalized spacial score (nSPS) is 12.6. The van der Waals surface area contributed by atoms with Crippen molar-refractivity contribution < 1.29 is 14.6 Å². The molecule has 0 radical (unpaired) electrons. The van der Waals surface area contributed by atoms with E-state index in [1.165, 1.54) is 0 Å². The molecule has 2 N–H and O–H groups in total. The Bertz CT molecular complexity index is 757. The standard InChI is InChI=1S/C18H19ClN2O3/c1-11-10-15(19)6-9-17(11)24-13(3)18(23)21-20-12(2)14-4-7-16(22)8-5-14/h4-10,13,22H,1-3H3,(H,21,23)/b20-12+. The van der Waals surface area contributed by atoms with Crippen molar-refractivity contribution in [1.82, 2.24) is 5.43 Å². The first-order valence-corrected chi connectivity index (χ1v) is 7.81. The van der Waals surface area contributed by atoms with Gasteiger partial charge in [-0.3, -0.25) is 4.79 Å². The van der Waals surface area contributed by atoms with Crippen LogP contribution in [-0.4, -0.2) is 22.8 Å². The molecule has 2 rings (SSSR count). The molecule has 0 aliphatic rings. The van der Waals surface area contributed by atoms with Crippen LogP contribution in [0.15, 0.2) is 47.6 Å². The fourth-order valence-corrected chi connectivity index (χ4v) is 2.21. The minimum Gasteiger partial charge on any atom is -0.508 e. The lowest BCUT2D eigenvalue weighted by molar-refractivity contribution is -0.127. The molecule has 6 heteroatoms.